The van der Waals surface area contributed by atoms with Crippen LogP contribution in [0.4, 0.5) is 0 Å². The number of hydrogen-bond donors (Lipinski definition) is 1. The van der Waals surface area contributed by atoms with Crippen molar-refractivity contribution in [1.82, 2.24) is 4.90 Å². The molecule has 3 rings (SSSR count). The Bertz CT molecular complexity index is 1060. The van der Waals surface area contributed by atoms with E-state index in [1.165, 1.54) is 19.1 Å². The summed E-state index contributed by atoms with van der Waals surface area (Å²) < 4.78 is 16.8. The van der Waals surface area contributed by atoms with Crippen LogP contribution in [0.3, 0.4) is 0 Å². The topological polar surface area (TPSA) is 85.3 Å². The summed E-state index contributed by atoms with van der Waals surface area (Å²) >= 11 is 0. The molecule has 1 aliphatic heterocycles. The van der Waals surface area contributed by atoms with E-state index >= 15 is 0 Å². The normalized spacial score (nSPS) is 17.5. The second-order valence-corrected chi connectivity index (χ2v) is 8.12. The lowest BCUT2D eigenvalue weighted by molar-refractivity contribution is -0.139. The van der Waals surface area contributed by atoms with Crippen LogP contribution in [0.1, 0.15) is 50.8 Å². The van der Waals surface area contributed by atoms with Crippen LogP contribution in [0.15, 0.2) is 48.0 Å². The first-order valence-electron chi connectivity index (χ1n) is 11.1. The number of methoxy groups -OCH3 is 2. The number of aliphatic hydroxyl groups is 1. The molecule has 2 aromatic carbocycles. The molecule has 7 nitrogen and oxygen atoms in total. The average molecular weight is 454 g/mol. The van der Waals surface area contributed by atoms with E-state index < -0.39 is 17.7 Å². The van der Waals surface area contributed by atoms with Crippen LogP contribution in [0, 0.1) is 0 Å². The van der Waals surface area contributed by atoms with Gasteiger partial charge in [0.1, 0.15) is 11.5 Å². The summed E-state index contributed by atoms with van der Waals surface area (Å²) in [6.45, 7) is 6.19. The minimum Gasteiger partial charge on any atom is -0.507 e. The molecule has 1 aliphatic rings. The van der Waals surface area contributed by atoms with Gasteiger partial charge >= 0.3 is 0 Å². The van der Waals surface area contributed by atoms with Gasteiger partial charge in [0, 0.05) is 17.7 Å². The predicted molar refractivity (Wildman–Crippen MR) is 126 cm³/mol. The number of Topliss-reactive ketones (excluding diaryl/α,β-unsaturated/α-hetero) is 1. The van der Waals surface area contributed by atoms with E-state index in [1.807, 2.05) is 20.8 Å². The highest BCUT2D eigenvalue weighted by Gasteiger charge is 2.47. The van der Waals surface area contributed by atoms with E-state index in [-0.39, 0.29) is 17.4 Å². The van der Waals surface area contributed by atoms with E-state index in [4.69, 9.17) is 14.2 Å². The molecule has 1 saturated heterocycles. The molecule has 176 valence electrons. The van der Waals surface area contributed by atoms with E-state index in [9.17, 15) is 14.7 Å². The fourth-order valence-corrected chi connectivity index (χ4v) is 4.03. The van der Waals surface area contributed by atoms with Gasteiger partial charge in [-0.1, -0.05) is 37.6 Å². The molecule has 2 aromatic rings. The third kappa shape index (κ3) is 4.82. The van der Waals surface area contributed by atoms with Gasteiger partial charge in [-0.25, -0.2) is 0 Å². The molecular weight excluding hydrogens is 422 g/mol. The standard InChI is InChI=1S/C26H31NO6/c1-6-7-14-27-22(19-12-9-13-20(31-4)25(19)32-5)21(24(29)26(27)30)23(28)17-10-8-11-18(15-17)33-16(2)3/h8-13,15-16,22,28H,6-7,14H2,1-5H3/b23-21+. The van der Waals surface area contributed by atoms with Crippen molar-refractivity contribution < 1.29 is 28.9 Å². The fraction of sp³-hybridized carbons (Fsp3) is 0.385. The van der Waals surface area contributed by atoms with Gasteiger partial charge in [0.05, 0.1) is 31.9 Å². The number of benzene rings is 2. The van der Waals surface area contributed by atoms with Gasteiger partial charge in [0.25, 0.3) is 11.7 Å². The van der Waals surface area contributed by atoms with Gasteiger partial charge in [-0.2, -0.15) is 0 Å². The van der Waals surface area contributed by atoms with Crippen molar-refractivity contribution in [2.24, 2.45) is 0 Å². The molecule has 0 spiro atoms. The zero-order valence-electron chi connectivity index (χ0n) is 19.8. The van der Waals surface area contributed by atoms with Gasteiger partial charge in [-0.15, -0.1) is 0 Å². The van der Waals surface area contributed by atoms with Gasteiger partial charge < -0.3 is 24.2 Å². The lowest BCUT2D eigenvalue weighted by Crippen LogP contribution is -2.30. The Morgan fingerprint density at radius 3 is 2.45 bits per heavy atom. The summed E-state index contributed by atoms with van der Waals surface area (Å²) in [6, 6.07) is 11.3. The smallest absolute Gasteiger partial charge is 0.295 e. The van der Waals surface area contributed by atoms with E-state index in [2.05, 4.69) is 0 Å². The summed E-state index contributed by atoms with van der Waals surface area (Å²) in [5.74, 6) is -0.177. The summed E-state index contributed by atoms with van der Waals surface area (Å²) in [7, 11) is 3.03. The second-order valence-electron chi connectivity index (χ2n) is 8.12. The maximum atomic E-state index is 13.2. The van der Waals surface area contributed by atoms with Crippen LogP contribution < -0.4 is 14.2 Å². The van der Waals surface area contributed by atoms with Gasteiger partial charge in [-0.3, -0.25) is 9.59 Å². The summed E-state index contributed by atoms with van der Waals surface area (Å²) in [5, 5.41) is 11.3. The van der Waals surface area contributed by atoms with Crippen LogP contribution in [-0.4, -0.2) is 48.6 Å². The molecule has 0 radical (unpaired) electrons. The Morgan fingerprint density at radius 2 is 1.82 bits per heavy atom. The Hall–Kier alpha value is -3.48. The Labute approximate surface area is 194 Å². The number of ketones is 1. The van der Waals surface area contributed by atoms with Crippen molar-refractivity contribution in [1.29, 1.82) is 0 Å². The largest absolute Gasteiger partial charge is 0.507 e. The first-order valence-corrected chi connectivity index (χ1v) is 11.1. The fourth-order valence-electron chi connectivity index (χ4n) is 4.03. The van der Waals surface area contributed by atoms with Crippen LogP contribution in [0.25, 0.3) is 5.76 Å². The number of carbonyl (C=O) groups excluding carboxylic acids is 2. The third-order valence-corrected chi connectivity index (χ3v) is 5.50. The molecule has 1 N–H and O–H groups in total. The first kappa shape index (κ1) is 24.2. The zero-order chi connectivity index (χ0) is 24.1. The van der Waals surface area contributed by atoms with E-state index in [0.717, 1.165) is 6.42 Å². The highest BCUT2D eigenvalue weighted by Crippen LogP contribution is 2.45. The van der Waals surface area contributed by atoms with E-state index in [0.29, 0.717) is 41.3 Å². The summed E-state index contributed by atoms with van der Waals surface area (Å²) in [6.07, 6.45) is 1.51. The highest BCUT2D eigenvalue weighted by molar-refractivity contribution is 6.46. The maximum absolute atomic E-state index is 13.2. The van der Waals surface area contributed by atoms with Crippen LogP contribution in [-0.2, 0) is 9.59 Å². The minimum absolute atomic E-state index is 0.0179. The number of hydrogen-bond acceptors (Lipinski definition) is 6. The number of unbranched alkanes of at least 4 members (excludes halogenated alkanes) is 1. The van der Waals surface area contributed by atoms with Crippen molar-refractivity contribution >= 4 is 17.4 Å². The SMILES string of the molecule is CCCCN1C(=O)C(=O)/C(=C(/O)c2cccc(OC(C)C)c2)C1c1cccc(OC)c1OC. The molecular formula is C26H31NO6. The number of carbonyl (C=O) groups is 2. The van der Waals surface area contributed by atoms with Crippen molar-refractivity contribution in [3.63, 3.8) is 0 Å². The van der Waals surface area contributed by atoms with Gasteiger partial charge in [0.2, 0.25) is 0 Å². The maximum Gasteiger partial charge on any atom is 0.295 e. The molecule has 0 aromatic heterocycles. The van der Waals surface area contributed by atoms with Crippen LogP contribution in [0.5, 0.6) is 17.2 Å². The Kier molecular flexibility index (Phi) is 7.63. The third-order valence-electron chi connectivity index (χ3n) is 5.50. The number of nitrogens with zero attached hydrogens (tertiary/aromatic N) is 1. The van der Waals surface area contributed by atoms with Crippen molar-refractivity contribution in [2.75, 3.05) is 20.8 Å². The number of rotatable bonds is 9. The van der Waals surface area contributed by atoms with Gasteiger partial charge in [-0.05, 0) is 38.5 Å². The molecule has 0 saturated carbocycles. The number of amides is 1. The number of para-hydroxylation sites is 1. The Balaban J connectivity index is 2.22. The number of ether oxygens (including phenoxy) is 3. The van der Waals surface area contributed by atoms with Crippen molar-refractivity contribution in [3.8, 4) is 17.2 Å². The minimum atomic E-state index is -0.809. The molecule has 1 heterocycles. The van der Waals surface area contributed by atoms with Crippen molar-refractivity contribution in [2.45, 2.75) is 45.8 Å². The molecule has 7 heteroatoms. The summed E-state index contributed by atoms with van der Waals surface area (Å²) in [4.78, 5) is 27.7. The average Bonchev–Trinajstić information content (AvgIpc) is 3.05. The highest BCUT2D eigenvalue weighted by atomic mass is 16.5. The van der Waals surface area contributed by atoms with Crippen LogP contribution >= 0.6 is 0 Å². The van der Waals surface area contributed by atoms with Gasteiger partial charge in [0.15, 0.2) is 11.5 Å². The number of likely N-dealkylation sites (tertiary alicyclic amines) is 1. The lowest BCUT2D eigenvalue weighted by atomic mass is 9.94. The monoisotopic (exact) mass is 453 g/mol. The Morgan fingerprint density at radius 1 is 1.09 bits per heavy atom. The predicted octanol–water partition coefficient (Wildman–Crippen LogP) is 4.71. The summed E-state index contributed by atoms with van der Waals surface area (Å²) in [5.41, 5.74) is 0.987. The molecule has 1 unspecified atom stereocenters. The van der Waals surface area contributed by atoms with E-state index in [1.54, 1.807) is 42.5 Å². The molecule has 33 heavy (non-hydrogen) atoms. The first-order chi connectivity index (χ1) is 15.8. The van der Waals surface area contributed by atoms with Crippen molar-refractivity contribution in [3.05, 3.63) is 59.2 Å². The molecule has 1 atom stereocenters. The molecule has 0 aliphatic carbocycles. The lowest BCUT2D eigenvalue weighted by Gasteiger charge is -2.27. The second kappa shape index (κ2) is 10.4. The molecule has 0 bridgehead atoms. The number of aliphatic hydroxyl groups excluding tert-OH is 1. The molecule has 1 fully saturated rings. The zero-order valence-corrected chi connectivity index (χ0v) is 19.8. The molecule has 1 amide bonds. The van der Waals surface area contributed by atoms with Crippen LogP contribution in [0.2, 0.25) is 0 Å². The quantitative estimate of drug-likeness (QED) is 0.336.